The summed E-state index contributed by atoms with van der Waals surface area (Å²) in [4.78, 5) is 3.99. The number of hydrogen-bond donors (Lipinski definition) is 1. The highest BCUT2D eigenvalue weighted by Crippen LogP contribution is 2.18. The molecule has 19 heavy (non-hydrogen) atoms. The number of hydrogen-bond acceptors (Lipinski definition) is 3. The quantitative estimate of drug-likeness (QED) is 0.814. The molecule has 1 aromatic heterocycles. The fraction of sp³-hybridized carbons (Fsp3) is 0.214. The first-order valence-electron chi connectivity index (χ1n) is 5.94. The lowest BCUT2D eigenvalue weighted by atomic mass is 10.3. The predicted molar refractivity (Wildman–Crippen MR) is 67.8 cm³/mol. The standard InChI is InChI=1S/C14H14F2N2O/c15-12-4-1-5-13(14(12)16)19-8-7-18-10-11-3-2-6-17-9-11/h1-6,9,18H,7-8,10H2. The Bertz CT molecular complexity index is 520. The summed E-state index contributed by atoms with van der Waals surface area (Å²) in [6.07, 6.45) is 3.47. The molecule has 1 heterocycles. The molecular formula is C14H14F2N2O. The van der Waals surface area contributed by atoms with Gasteiger partial charge in [-0.3, -0.25) is 4.98 Å². The van der Waals surface area contributed by atoms with Crippen LogP contribution in [0.5, 0.6) is 5.75 Å². The van der Waals surface area contributed by atoms with E-state index in [1.165, 1.54) is 12.1 Å². The molecule has 1 aromatic carbocycles. The van der Waals surface area contributed by atoms with Crippen LogP contribution in [0, 0.1) is 11.6 Å². The predicted octanol–water partition coefficient (Wildman–Crippen LogP) is 2.53. The Morgan fingerprint density at radius 2 is 2.05 bits per heavy atom. The zero-order chi connectivity index (χ0) is 13.5. The van der Waals surface area contributed by atoms with Gasteiger partial charge >= 0.3 is 0 Å². The molecule has 0 radical (unpaired) electrons. The van der Waals surface area contributed by atoms with E-state index < -0.39 is 11.6 Å². The maximum atomic E-state index is 13.2. The molecule has 0 amide bonds. The zero-order valence-electron chi connectivity index (χ0n) is 10.3. The molecule has 2 rings (SSSR count). The van der Waals surface area contributed by atoms with Crippen LogP contribution in [0.25, 0.3) is 0 Å². The number of nitrogens with one attached hydrogen (secondary N) is 1. The van der Waals surface area contributed by atoms with Gasteiger partial charge in [0.25, 0.3) is 0 Å². The van der Waals surface area contributed by atoms with E-state index in [4.69, 9.17) is 4.74 Å². The van der Waals surface area contributed by atoms with Crippen molar-refractivity contribution in [3.05, 3.63) is 59.9 Å². The van der Waals surface area contributed by atoms with E-state index in [-0.39, 0.29) is 12.4 Å². The van der Waals surface area contributed by atoms with Crippen LogP contribution in [0.1, 0.15) is 5.56 Å². The first-order valence-corrected chi connectivity index (χ1v) is 5.94. The van der Waals surface area contributed by atoms with Crippen molar-refractivity contribution in [3.8, 4) is 5.75 Å². The molecule has 0 atom stereocenters. The summed E-state index contributed by atoms with van der Waals surface area (Å²) in [5.41, 5.74) is 1.06. The summed E-state index contributed by atoms with van der Waals surface area (Å²) < 4.78 is 31.3. The van der Waals surface area contributed by atoms with Crippen molar-refractivity contribution in [2.45, 2.75) is 6.54 Å². The largest absolute Gasteiger partial charge is 0.489 e. The molecule has 0 fully saturated rings. The highest BCUT2D eigenvalue weighted by atomic mass is 19.2. The molecular weight excluding hydrogens is 250 g/mol. The molecule has 0 saturated carbocycles. The van der Waals surface area contributed by atoms with Crippen LogP contribution in [-0.4, -0.2) is 18.1 Å². The molecule has 0 unspecified atom stereocenters. The molecule has 0 aliphatic rings. The maximum Gasteiger partial charge on any atom is 0.200 e. The van der Waals surface area contributed by atoms with Gasteiger partial charge in [-0.25, -0.2) is 4.39 Å². The smallest absolute Gasteiger partial charge is 0.200 e. The number of rotatable bonds is 6. The van der Waals surface area contributed by atoms with Crippen molar-refractivity contribution < 1.29 is 13.5 Å². The topological polar surface area (TPSA) is 34.1 Å². The van der Waals surface area contributed by atoms with E-state index in [1.807, 2.05) is 12.1 Å². The lowest BCUT2D eigenvalue weighted by Crippen LogP contribution is -2.20. The van der Waals surface area contributed by atoms with Gasteiger partial charge in [-0.15, -0.1) is 0 Å². The first kappa shape index (κ1) is 13.4. The second-order valence-corrected chi connectivity index (χ2v) is 3.94. The molecule has 0 aliphatic carbocycles. The van der Waals surface area contributed by atoms with E-state index in [1.54, 1.807) is 12.4 Å². The normalized spacial score (nSPS) is 10.4. The van der Waals surface area contributed by atoms with Gasteiger partial charge in [0, 0.05) is 25.5 Å². The third kappa shape index (κ3) is 3.99. The second-order valence-electron chi connectivity index (χ2n) is 3.94. The number of pyridine rings is 1. The van der Waals surface area contributed by atoms with Gasteiger partial charge in [-0.05, 0) is 23.8 Å². The Kier molecular flexibility index (Phi) is 4.80. The van der Waals surface area contributed by atoms with Gasteiger partial charge < -0.3 is 10.1 Å². The molecule has 5 heteroatoms. The van der Waals surface area contributed by atoms with Crippen molar-refractivity contribution in [2.75, 3.05) is 13.2 Å². The highest BCUT2D eigenvalue weighted by Gasteiger charge is 2.07. The minimum atomic E-state index is -0.949. The van der Waals surface area contributed by atoms with E-state index in [9.17, 15) is 8.78 Å². The number of aromatic nitrogens is 1. The highest BCUT2D eigenvalue weighted by molar-refractivity contribution is 5.24. The van der Waals surface area contributed by atoms with Crippen LogP contribution in [0.3, 0.4) is 0 Å². The lowest BCUT2D eigenvalue weighted by Gasteiger charge is -2.08. The van der Waals surface area contributed by atoms with Gasteiger partial charge in [0.05, 0.1) is 0 Å². The Labute approximate surface area is 110 Å². The molecule has 0 bridgehead atoms. The van der Waals surface area contributed by atoms with Crippen molar-refractivity contribution in [1.29, 1.82) is 0 Å². The summed E-state index contributed by atoms with van der Waals surface area (Å²) in [7, 11) is 0. The van der Waals surface area contributed by atoms with Gasteiger partial charge in [-0.1, -0.05) is 12.1 Å². The van der Waals surface area contributed by atoms with E-state index in [0.717, 1.165) is 11.6 Å². The minimum Gasteiger partial charge on any atom is -0.489 e. The molecule has 1 N–H and O–H groups in total. The van der Waals surface area contributed by atoms with Crippen LogP contribution in [-0.2, 0) is 6.54 Å². The lowest BCUT2D eigenvalue weighted by molar-refractivity contribution is 0.293. The molecule has 0 aliphatic heterocycles. The van der Waals surface area contributed by atoms with Gasteiger partial charge in [-0.2, -0.15) is 4.39 Å². The fourth-order valence-corrected chi connectivity index (χ4v) is 1.56. The van der Waals surface area contributed by atoms with Crippen molar-refractivity contribution >= 4 is 0 Å². The number of nitrogens with zero attached hydrogens (tertiary/aromatic N) is 1. The van der Waals surface area contributed by atoms with E-state index in [2.05, 4.69) is 10.3 Å². The molecule has 3 nitrogen and oxygen atoms in total. The Balaban J connectivity index is 1.71. The average Bonchev–Trinajstić information content (AvgIpc) is 2.44. The summed E-state index contributed by atoms with van der Waals surface area (Å²) in [6, 6.07) is 7.68. The summed E-state index contributed by atoms with van der Waals surface area (Å²) in [5, 5.41) is 3.12. The minimum absolute atomic E-state index is 0.0665. The van der Waals surface area contributed by atoms with Crippen molar-refractivity contribution in [1.82, 2.24) is 10.3 Å². The van der Waals surface area contributed by atoms with Gasteiger partial charge in [0.15, 0.2) is 11.6 Å². The van der Waals surface area contributed by atoms with Gasteiger partial charge in [0.1, 0.15) is 6.61 Å². The average molecular weight is 264 g/mol. The van der Waals surface area contributed by atoms with Crippen LogP contribution in [0.2, 0.25) is 0 Å². The third-order valence-corrected chi connectivity index (χ3v) is 2.50. The summed E-state index contributed by atoms with van der Waals surface area (Å²) in [5.74, 6) is -1.92. The monoisotopic (exact) mass is 264 g/mol. The maximum absolute atomic E-state index is 13.2. The summed E-state index contributed by atoms with van der Waals surface area (Å²) in [6.45, 7) is 1.45. The molecule has 0 saturated heterocycles. The zero-order valence-corrected chi connectivity index (χ0v) is 10.3. The van der Waals surface area contributed by atoms with Crippen molar-refractivity contribution in [2.24, 2.45) is 0 Å². The summed E-state index contributed by atoms with van der Waals surface area (Å²) >= 11 is 0. The Morgan fingerprint density at radius 1 is 1.16 bits per heavy atom. The number of halogens is 2. The van der Waals surface area contributed by atoms with Crippen LogP contribution in [0.4, 0.5) is 8.78 Å². The molecule has 2 aromatic rings. The van der Waals surface area contributed by atoms with E-state index >= 15 is 0 Å². The van der Waals surface area contributed by atoms with Crippen molar-refractivity contribution in [3.63, 3.8) is 0 Å². The Hall–Kier alpha value is -2.01. The Morgan fingerprint density at radius 3 is 2.84 bits per heavy atom. The fourth-order valence-electron chi connectivity index (χ4n) is 1.56. The van der Waals surface area contributed by atoms with Gasteiger partial charge in [0.2, 0.25) is 5.82 Å². The van der Waals surface area contributed by atoms with Crippen LogP contribution < -0.4 is 10.1 Å². The third-order valence-electron chi connectivity index (χ3n) is 2.50. The molecule has 0 spiro atoms. The van der Waals surface area contributed by atoms with E-state index in [0.29, 0.717) is 13.1 Å². The van der Waals surface area contributed by atoms with Crippen LogP contribution in [0.15, 0.2) is 42.7 Å². The molecule has 100 valence electrons. The van der Waals surface area contributed by atoms with Crippen LogP contribution >= 0.6 is 0 Å². The second kappa shape index (κ2) is 6.80. The number of ether oxygens (including phenoxy) is 1. The number of benzene rings is 1. The SMILES string of the molecule is Fc1cccc(OCCNCc2cccnc2)c1F. The first-order chi connectivity index (χ1) is 9.27.